The smallest absolute Gasteiger partial charge is 0.262 e. The van der Waals surface area contributed by atoms with Crippen molar-refractivity contribution in [2.45, 2.75) is 32.4 Å². The average Bonchev–Trinajstić information content (AvgIpc) is 3.40. The number of furan rings is 1. The third-order valence-corrected chi connectivity index (χ3v) is 5.66. The van der Waals surface area contributed by atoms with Gasteiger partial charge in [0, 0.05) is 13.2 Å². The standard InChI is InChI=1S/C18H20N4O3S/c1-11-14-16(19-8-12-4-2-6-24-12)21-10-22-18(14)26-15(11)17(23)20-9-13-5-3-7-25-13/h3,5,7,10,12H,2,4,6,8-9H2,1H3,(H,20,23)(H,19,21,22)/t12-/m1/s1. The number of hydrogen-bond acceptors (Lipinski definition) is 7. The quantitative estimate of drug-likeness (QED) is 0.691. The molecule has 4 rings (SSSR count). The van der Waals surface area contributed by atoms with E-state index in [1.807, 2.05) is 13.0 Å². The summed E-state index contributed by atoms with van der Waals surface area (Å²) in [6, 6.07) is 3.63. The molecule has 0 aliphatic carbocycles. The molecule has 0 aromatic carbocycles. The van der Waals surface area contributed by atoms with E-state index in [0.717, 1.165) is 46.8 Å². The highest BCUT2D eigenvalue weighted by atomic mass is 32.1. The molecule has 0 radical (unpaired) electrons. The third kappa shape index (κ3) is 3.42. The van der Waals surface area contributed by atoms with E-state index < -0.39 is 0 Å². The molecule has 7 nitrogen and oxygen atoms in total. The summed E-state index contributed by atoms with van der Waals surface area (Å²) >= 11 is 1.38. The number of aryl methyl sites for hydroxylation is 1. The molecule has 0 unspecified atom stereocenters. The Morgan fingerprint density at radius 1 is 1.42 bits per heavy atom. The van der Waals surface area contributed by atoms with Crippen LogP contribution in [-0.4, -0.2) is 35.1 Å². The van der Waals surface area contributed by atoms with Gasteiger partial charge in [-0.3, -0.25) is 4.79 Å². The van der Waals surface area contributed by atoms with Crippen LogP contribution >= 0.6 is 11.3 Å². The van der Waals surface area contributed by atoms with E-state index in [2.05, 4.69) is 20.6 Å². The second kappa shape index (κ2) is 7.43. The summed E-state index contributed by atoms with van der Waals surface area (Å²) < 4.78 is 10.9. The molecule has 1 atom stereocenters. The van der Waals surface area contributed by atoms with Crippen molar-refractivity contribution >= 4 is 33.3 Å². The van der Waals surface area contributed by atoms with Gasteiger partial charge in [0.1, 0.15) is 22.7 Å². The first-order valence-electron chi connectivity index (χ1n) is 8.62. The number of rotatable bonds is 6. The maximum Gasteiger partial charge on any atom is 0.262 e. The van der Waals surface area contributed by atoms with Crippen LogP contribution < -0.4 is 10.6 Å². The van der Waals surface area contributed by atoms with E-state index in [4.69, 9.17) is 9.15 Å². The molecule has 0 bridgehead atoms. The van der Waals surface area contributed by atoms with Gasteiger partial charge >= 0.3 is 0 Å². The molecular weight excluding hydrogens is 352 g/mol. The van der Waals surface area contributed by atoms with Crippen molar-refractivity contribution in [3.05, 3.63) is 40.9 Å². The van der Waals surface area contributed by atoms with Crippen molar-refractivity contribution in [2.24, 2.45) is 0 Å². The first kappa shape index (κ1) is 17.0. The van der Waals surface area contributed by atoms with Gasteiger partial charge in [-0.05, 0) is 37.5 Å². The summed E-state index contributed by atoms with van der Waals surface area (Å²) in [6.45, 7) is 3.82. The second-order valence-electron chi connectivity index (χ2n) is 6.24. The Morgan fingerprint density at radius 2 is 2.35 bits per heavy atom. The van der Waals surface area contributed by atoms with Gasteiger partial charge in [-0.1, -0.05) is 0 Å². The maximum absolute atomic E-state index is 12.6. The molecule has 4 heterocycles. The SMILES string of the molecule is Cc1c(C(=O)NCc2ccco2)sc2ncnc(NC[C@H]3CCCO3)c12. The molecule has 1 aliphatic rings. The fourth-order valence-electron chi connectivity index (χ4n) is 3.10. The van der Waals surface area contributed by atoms with Gasteiger partial charge in [0.25, 0.3) is 5.91 Å². The molecule has 1 saturated heterocycles. The largest absolute Gasteiger partial charge is 0.467 e. The lowest BCUT2D eigenvalue weighted by Crippen LogP contribution is -2.22. The summed E-state index contributed by atoms with van der Waals surface area (Å²) in [7, 11) is 0. The number of carbonyl (C=O) groups is 1. The Hall–Kier alpha value is -2.45. The highest BCUT2D eigenvalue weighted by molar-refractivity contribution is 7.20. The van der Waals surface area contributed by atoms with Crippen LogP contribution in [0.2, 0.25) is 0 Å². The van der Waals surface area contributed by atoms with Crippen molar-refractivity contribution in [1.29, 1.82) is 0 Å². The maximum atomic E-state index is 12.6. The number of nitrogens with one attached hydrogen (secondary N) is 2. The van der Waals surface area contributed by atoms with Crippen molar-refractivity contribution < 1.29 is 13.9 Å². The first-order chi connectivity index (χ1) is 12.7. The van der Waals surface area contributed by atoms with Crippen molar-refractivity contribution in [2.75, 3.05) is 18.5 Å². The lowest BCUT2D eigenvalue weighted by molar-refractivity contribution is 0.0951. The molecule has 8 heteroatoms. The number of nitrogens with zero attached hydrogens (tertiary/aromatic N) is 2. The number of thiophene rings is 1. The van der Waals surface area contributed by atoms with Crippen molar-refractivity contribution in [3.8, 4) is 0 Å². The summed E-state index contributed by atoms with van der Waals surface area (Å²) in [6.07, 6.45) is 5.50. The molecule has 136 valence electrons. The van der Waals surface area contributed by atoms with Crippen LogP contribution in [0.25, 0.3) is 10.2 Å². The molecule has 1 fully saturated rings. The van der Waals surface area contributed by atoms with E-state index in [9.17, 15) is 4.79 Å². The summed E-state index contributed by atoms with van der Waals surface area (Å²) in [5.74, 6) is 1.34. The van der Waals surface area contributed by atoms with Crippen LogP contribution in [0.5, 0.6) is 0 Å². The predicted octanol–water partition coefficient (Wildman–Crippen LogP) is 3.11. The molecular formula is C18H20N4O3S. The topological polar surface area (TPSA) is 89.3 Å². The Morgan fingerprint density at radius 3 is 3.12 bits per heavy atom. The molecule has 3 aromatic heterocycles. The van der Waals surface area contributed by atoms with Gasteiger partial charge < -0.3 is 19.8 Å². The molecule has 0 saturated carbocycles. The van der Waals surface area contributed by atoms with Crippen molar-refractivity contribution in [3.63, 3.8) is 0 Å². The number of hydrogen-bond donors (Lipinski definition) is 2. The van der Waals surface area contributed by atoms with Gasteiger partial charge in [-0.2, -0.15) is 0 Å². The fraction of sp³-hybridized carbons (Fsp3) is 0.389. The Bertz CT molecular complexity index is 901. The van der Waals surface area contributed by atoms with Crippen LogP contribution in [0.15, 0.2) is 29.1 Å². The first-order valence-corrected chi connectivity index (χ1v) is 9.44. The minimum Gasteiger partial charge on any atom is -0.467 e. The molecule has 1 amide bonds. The third-order valence-electron chi connectivity index (χ3n) is 4.46. The highest BCUT2D eigenvalue weighted by Crippen LogP contribution is 2.33. The van der Waals surface area contributed by atoms with Gasteiger partial charge in [0.2, 0.25) is 0 Å². The Balaban J connectivity index is 1.53. The molecule has 1 aliphatic heterocycles. The van der Waals surface area contributed by atoms with Crippen LogP contribution in [0, 0.1) is 6.92 Å². The second-order valence-corrected chi connectivity index (χ2v) is 7.24. The van der Waals surface area contributed by atoms with Gasteiger partial charge in [-0.25, -0.2) is 9.97 Å². The van der Waals surface area contributed by atoms with Crippen LogP contribution in [-0.2, 0) is 11.3 Å². The predicted molar refractivity (Wildman–Crippen MR) is 99.5 cm³/mol. The summed E-state index contributed by atoms with van der Waals surface area (Å²) in [5, 5.41) is 7.15. The lowest BCUT2D eigenvalue weighted by atomic mass is 10.2. The average molecular weight is 372 g/mol. The van der Waals surface area contributed by atoms with Crippen molar-refractivity contribution in [1.82, 2.24) is 15.3 Å². The number of ether oxygens (including phenoxy) is 1. The zero-order chi connectivity index (χ0) is 17.9. The van der Waals surface area contributed by atoms with Gasteiger partial charge in [-0.15, -0.1) is 11.3 Å². The van der Waals surface area contributed by atoms with E-state index in [1.165, 1.54) is 17.7 Å². The number of aromatic nitrogens is 2. The normalized spacial score (nSPS) is 16.9. The van der Waals surface area contributed by atoms with Crippen LogP contribution in [0.3, 0.4) is 0 Å². The number of carbonyl (C=O) groups excluding carboxylic acids is 1. The van der Waals surface area contributed by atoms with Gasteiger partial charge in [0.05, 0.1) is 29.2 Å². The Labute approximate surface area is 154 Å². The monoisotopic (exact) mass is 372 g/mol. The molecule has 2 N–H and O–H groups in total. The number of anilines is 1. The zero-order valence-electron chi connectivity index (χ0n) is 14.4. The number of amides is 1. The van der Waals surface area contributed by atoms with E-state index in [1.54, 1.807) is 12.3 Å². The van der Waals surface area contributed by atoms with E-state index >= 15 is 0 Å². The molecule has 0 spiro atoms. The van der Waals surface area contributed by atoms with E-state index in [0.29, 0.717) is 18.0 Å². The van der Waals surface area contributed by atoms with Crippen LogP contribution in [0.4, 0.5) is 5.82 Å². The summed E-state index contributed by atoms with van der Waals surface area (Å²) in [5.41, 5.74) is 0.886. The molecule has 3 aromatic rings. The fourth-order valence-corrected chi connectivity index (χ4v) is 4.16. The zero-order valence-corrected chi connectivity index (χ0v) is 15.3. The van der Waals surface area contributed by atoms with Gasteiger partial charge in [0.15, 0.2) is 0 Å². The summed E-state index contributed by atoms with van der Waals surface area (Å²) in [4.78, 5) is 22.7. The molecule has 26 heavy (non-hydrogen) atoms. The lowest BCUT2D eigenvalue weighted by Gasteiger charge is -2.12. The van der Waals surface area contributed by atoms with E-state index in [-0.39, 0.29) is 12.0 Å². The minimum absolute atomic E-state index is 0.132. The highest BCUT2D eigenvalue weighted by Gasteiger charge is 2.21. The minimum atomic E-state index is -0.132. The Kier molecular flexibility index (Phi) is 4.85. The van der Waals surface area contributed by atoms with Crippen LogP contribution in [0.1, 0.15) is 33.8 Å². The number of fused-ring (bicyclic) bond motifs is 1.